The number of hydrogen-bond donors (Lipinski definition) is 5. The average Bonchev–Trinajstić information content (AvgIpc) is 3.58. The van der Waals surface area contributed by atoms with Crippen LogP contribution in [0.1, 0.15) is 63.5 Å². The van der Waals surface area contributed by atoms with Crippen LogP contribution in [0.25, 0.3) is 5.65 Å². The van der Waals surface area contributed by atoms with Crippen molar-refractivity contribution in [3.05, 3.63) is 107 Å². The maximum atomic E-state index is 14.1. The third-order valence-corrected chi connectivity index (χ3v) is 10.7. The summed E-state index contributed by atoms with van der Waals surface area (Å²) in [5, 5.41) is 12.8. The fourth-order valence-corrected chi connectivity index (χ4v) is 7.34. The van der Waals surface area contributed by atoms with Crippen molar-refractivity contribution in [1.29, 1.82) is 0 Å². The predicted octanol–water partition coefficient (Wildman–Crippen LogP) is 2.67. The number of carbonyl (C=O) groups excluding carboxylic acids is 5. The molecule has 0 saturated carbocycles. The Bertz CT molecular complexity index is 2090. The lowest BCUT2D eigenvalue weighted by Gasteiger charge is -2.38. The summed E-state index contributed by atoms with van der Waals surface area (Å²) in [6.45, 7) is 4.93. The molecule has 3 heterocycles. The van der Waals surface area contributed by atoms with Crippen molar-refractivity contribution in [2.24, 2.45) is 17.4 Å². The lowest BCUT2D eigenvalue weighted by Crippen LogP contribution is -2.59. The summed E-state index contributed by atoms with van der Waals surface area (Å²) in [5.41, 5.74) is 13.6. The van der Waals surface area contributed by atoms with E-state index in [4.69, 9.17) is 11.5 Å². The fourth-order valence-electron chi connectivity index (χ4n) is 7.34. The number of unbranched alkanes of at least 4 members (excludes halogenated alkanes) is 1. The summed E-state index contributed by atoms with van der Waals surface area (Å²) in [6.07, 6.45) is 4.76. The molecule has 1 aliphatic heterocycles. The van der Waals surface area contributed by atoms with Crippen molar-refractivity contribution in [3.8, 4) is 0 Å². The molecule has 0 radical (unpaired) electrons. The van der Waals surface area contributed by atoms with E-state index in [9.17, 15) is 28.8 Å². The second kappa shape index (κ2) is 24.2. The molecule has 0 spiro atoms. The van der Waals surface area contributed by atoms with Gasteiger partial charge in [0.2, 0.25) is 23.6 Å². The number of fused-ring (bicyclic) bond motifs is 1. The van der Waals surface area contributed by atoms with Gasteiger partial charge in [-0.15, -0.1) is 34.6 Å². The van der Waals surface area contributed by atoms with Crippen LogP contribution in [0.4, 0.5) is 4.79 Å². The smallest absolute Gasteiger partial charge is 0.343 e. The molecule has 7 N–H and O–H groups in total. The molecule has 2 aromatic heterocycles. The second-order valence-electron chi connectivity index (χ2n) is 15.7. The summed E-state index contributed by atoms with van der Waals surface area (Å²) < 4.78 is 2.15. The lowest BCUT2D eigenvalue weighted by atomic mass is 9.99. The molecular formula is C43H60Cl2N10O6. The summed E-state index contributed by atoms with van der Waals surface area (Å²) in [6, 6.07) is 19.0. The number of nitrogens with zero attached hydrogens (tertiary/aromatic N) is 5. The van der Waals surface area contributed by atoms with Gasteiger partial charge in [-0.1, -0.05) is 80.6 Å². The summed E-state index contributed by atoms with van der Waals surface area (Å²) >= 11 is 0. The third kappa shape index (κ3) is 13.9. The van der Waals surface area contributed by atoms with Crippen molar-refractivity contribution < 1.29 is 24.0 Å². The SMILES string of the molecule is CC(C)C[C@@H](NC(=O)[C@@H](Cc1ccccc1)NC(=O)[C@H](N)Cc1ccccc1)C(=O)N[C@H](CCCCN)C(=O)N1CCC(N(C)C(=O)n2nc3ccccn3c2=O)CC1.Cl.Cl. The molecule has 2 aromatic carbocycles. The van der Waals surface area contributed by atoms with Crippen molar-refractivity contribution in [2.75, 3.05) is 26.7 Å². The van der Waals surface area contributed by atoms with Gasteiger partial charge in [-0.05, 0) is 80.7 Å². The third-order valence-electron chi connectivity index (χ3n) is 10.7. The fraction of sp³-hybridized carbons (Fsp3) is 0.465. The summed E-state index contributed by atoms with van der Waals surface area (Å²) in [4.78, 5) is 84.9. The Morgan fingerprint density at radius 1 is 0.770 bits per heavy atom. The minimum absolute atomic E-state index is 0. The first-order valence-corrected chi connectivity index (χ1v) is 20.4. The highest BCUT2D eigenvalue weighted by Gasteiger charge is 2.35. The number of halogens is 2. The molecule has 0 aliphatic carbocycles. The van der Waals surface area contributed by atoms with Crippen LogP contribution < -0.4 is 33.1 Å². The van der Waals surface area contributed by atoms with Crippen LogP contribution in [0.2, 0.25) is 0 Å². The molecule has 0 unspecified atom stereocenters. The van der Waals surface area contributed by atoms with Gasteiger partial charge in [0.15, 0.2) is 5.65 Å². The molecule has 0 bridgehead atoms. The van der Waals surface area contributed by atoms with Gasteiger partial charge in [-0.25, -0.2) is 14.0 Å². The zero-order valence-electron chi connectivity index (χ0n) is 35.0. The van der Waals surface area contributed by atoms with Gasteiger partial charge in [0, 0.05) is 38.8 Å². The number of rotatable bonds is 18. The Morgan fingerprint density at radius 2 is 1.33 bits per heavy atom. The zero-order valence-corrected chi connectivity index (χ0v) is 36.6. The van der Waals surface area contributed by atoms with Gasteiger partial charge >= 0.3 is 11.7 Å². The van der Waals surface area contributed by atoms with Crippen molar-refractivity contribution in [2.45, 2.75) is 95.4 Å². The molecule has 1 fully saturated rings. The number of likely N-dealkylation sites (tertiary alicyclic amines) is 1. The molecule has 4 aromatic rings. The van der Waals surface area contributed by atoms with E-state index < -0.39 is 53.6 Å². The molecule has 1 saturated heterocycles. The normalized spacial score (nSPS) is 14.8. The first-order chi connectivity index (χ1) is 28.4. The van der Waals surface area contributed by atoms with Crippen LogP contribution in [0.15, 0.2) is 89.9 Å². The Kier molecular flexibility index (Phi) is 19.9. The number of benzene rings is 2. The number of aromatic nitrogens is 3. The minimum Gasteiger partial charge on any atom is -0.343 e. The standard InChI is InChI=1S/C43H58N10O6.2ClH/c1-29(2)26-35(48-40(56)36(28-31-16-8-5-9-17-31)47-38(54)33(45)27-30-14-6-4-7-15-30)39(55)46-34(18-10-12-22-44)41(57)51-24-20-32(21-25-51)50(3)42(58)53-43(59)52-23-13-11-19-37(52)49-53;;/h4-9,11,13-17,19,23,29,32-36H,10,12,18,20-22,24-28,44-45H2,1-3H3,(H,46,55)(H,47,54)(H,48,56);2*1H/t33-,34-,35-,36-;;/m1../s1. The molecule has 18 heteroatoms. The quantitative estimate of drug-likeness (QED) is 0.0927. The first kappa shape index (κ1) is 50.1. The van der Waals surface area contributed by atoms with E-state index in [1.165, 1.54) is 9.30 Å². The summed E-state index contributed by atoms with van der Waals surface area (Å²) in [7, 11) is 1.62. The Hall–Kier alpha value is -5.29. The van der Waals surface area contributed by atoms with Crippen LogP contribution in [-0.2, 0) is 32.0 Å². The van der Waals surface area contributed by atoms with E-state index in [1.54, 1.807) is 36.3 Å². The van der Waals surface area contributed by atoms with E-state index in [-0.39, 0.29) is 61.9 Å². The van der Waals surface area contributed by atoms with Crippen LogP contribution in [-0.4, -0.2) is 111 Å². The highest BCUT2D eigenvalue weighted by atomic mass is 35.5. The molecule has 16 nitrogen and oxygen atoms in total. The van der Waals surface area contributed by atoms with Gasteiger partial charge in [0.1, 0.15) is 18.1 Å². The Balaban J connectivity index is 0.00000496. The number of nitrogens with two attached hydrogens (primary N) is 2. The van der Waals surface area contributed by atoms with E-state index in [2.05, 4.69) is 21.0 Å². The lowest BCUT2D eigenvalue weighted by molar-refractivity contribution is -0.139. The number of nitrogens with one attached hydrogen (secondary N) is 3. The number of piperidine rings is 1. The van der Waals surface area contributed by atoms with E-state index in [0.29, 0.717) is 57.4 Å². The Labute approximate surface area is 369 Å². The number of hydrogen-bond acceptors (Lipinski definition) is 9. The van der Waals surface area contributed by atoms with Crippen molar-refractivity contribution in [1.82, 2.24) is 39.9 Å². The molecule has 4 atom stereocenters. The van der Waals surface area contributed by atoms with Gasteiger partial charge in [0.05, 0.1) is 6.04 Å². The minimum atomic E-state index is -1.03. The van der Waals surface area contributed by atoms with Crippen LogP contribution in [0.3, 0.4) is 0 Å². The van der Waals surface area contributed by atoms with Gasteiger partial charge in [0.25, 0.3) is 0 Å². The van der Waals surface area contributed by atoms with Gasteiger partial charge in [-0.3, -0.25) is 19.2 Å². The van der Waals surface area contributed by atoms with Crippen LogP contribution >= 0.6 is 24.8 Å². The van der Waals surface area contributed by atoms with Gasteiger partial charge in [-0.2, -0.15) is 0 Å². The molecular weight excluding hydrogens is 823 g/mol. The molecule has 1 aliphatic rings. The predicted molar refractivity (Wildman–Crippen MR) is 239 cm³/mol. The van der Waals surface area contributed by atoms with Crippen molar-refractivity contribution in [3.63, 3.8) is 0 Å². The topological polar surface area (TPSA) is 219 Å². The van der Waals surface area contributed by atoms with E-state index >= 15 is 0 Å². The molecule has 5 amide bonds. The molecule has 332 valence electrons. The van der Waals surface area contributed by atoms with Gasteiger partial charge < -0.3 is 37.2 Å². The van der Waals surface area contributed by atoms with E-state index in [0.717, 1.165) is 15.8 Å². The van der Waals surface area contributed by atoms with E-state index in [1.807, 2.05) is 74.5 Å². The highest BCUT2D eigenvalue weighted by molar-refractivity contribution is 5.95. The zero-order chi connectivity index (χ0) is 42.5. The number of carbonyl (C=O) groups is 5. The maximum absolute atomic E-state index is 14.1. The molecule has 61 heavy (non-hydrogen) atoms. The average molecular weight is 884 g/mol. The van der Waals surface area contributed by atoms with Crippen LogP contribution in [0, 0.1) is 5.92 Å². The highest BCUT2D eigenvalue weighted by Crippen LogP contribution is 2.19. The first-order valence-electron chi connectivity index (χ1n) is 20.4. The largest absolute Gasteiger partial charge is 0.359 e. The second-order valence-corrected chi connectivity index (χ2v) is 15.7. The van der Waals surface area contributed by atoms with Crippen molar-refractivity contribution >= 4 is 60.1 Å². The number of amides is 5. The summed E-state index contributed by atoms with van der Waals surface area (Å²) in [5.74, 6) is -1.83. The number of pyridine rings is 1. The van der Waals surface area contributed by atoms with Crippen LogP contribution in [0.5, 0.6) is 0 Å². The monoisotopic (exact) mass is 882 g/mol. The Morgan fingerprint density at radius 3 is 1.92 bits per heavy atom. The molecule has 5 rings (SSSR count). The maximum Gasteiger partial charge on any atom is 0.359 e.